The highest BCUT2D eigenvalue weighted by atomic mass is 32.2. The van der Waals surface area contributed by atoms with E-state index in [0.29, 0.717) is 11.7 Å². The summed E-state index contributed by atoms with van der Waals surface area (Å²) in [4.78, 5) is 5.34. The van der Waals surface area contributed by atoms with E-state index >= 15 is 0 Å². The number of hydrogen-bond acceptors (Lipinski definition) is 6. The molecule has 3 heterocycles. The molecule has 2 aromatic heterocycles. The first kappa shape index (κ1) is 10.3. The van der Waals surface area contributed by atoms with Crippen molar-refractivity contribution in [1.29, 1.82) is 0 Å². The van der Waals surface area contributed by atoms with E-state index in [1.165, 1.54) is 0 Å². The molecule has 6 heteroatoms. The average molecular weight is 254 g/mol. The number of thioether (sulfide) groups is 1. The van der Waals surface area contributed by atoms with Gasteiger partial charge >= 0.3 is 0 Å². The molecule has 1 saturated heterocycles. The number of nitrogens with zero attached hydrogens (tertiary/aromatic N) is 2. The zero-order valence-electron chi connectivity index (χ0n) is 8.37. The first-order valence-electron chi connectivity index (χ1n) is 4.98. The Morgan fingerprint density at radius 3 is 3.06 bits per heavy atom. The van der Waals surface area contributed by atoms with Crippen molar-refractivity contribution in [3.05, 3.63) is 23.4 Å². The standard InChI is InChI=1S/C10H10N2O2S2/c13-7-5-15-4-6(7)10-11-9(12-14-10)8-2-1-3-16-8/h1-3,6-7,13H,4-5H2. The predicted octanol–water partition coefficient (Wildman–Crippen LogP) is 1.99. The molecule has 0 aliphatic carbocycles. The summed E-state index contributed by atoms with van der Waals surface area (Å²) in [5.41, 5.74) is 0. The molecule has 0 amide bonds. The Morgan fingerprint density at radius 1 is 1.44 bits per heavy atom. The van der Waals surface area contributed by atoms with Gasteiger partial charge < -0.3 is 9.63 Å². The number of aliphatic hydroxyl groups excluding tert-OH is 1. The second-order valence-corrected chi connectivity index (χ2v) is 5.67. The number of aliphatic hydroxyl groups is 1. The van der Waals surface area contributed by atoms with Crippen LogP contribution in [0.25, 0.3) is 10.7 Å². The average Bonchev–Trinajstić information content (AvgIpc) is 2.96. The van der Waals surface area contributed by atoms with Gasteiger partial charge in [0.05, 0.1) is 16.9 Å². The molecule has 84 valence electrons. The molecule has 0 radical (unpaired) electrons. The molecule has 0 aromatic carbocycles. The monoisotopic (exact) mass is 254 g/mol. The van der Waals surface area contributed by atoms with Crippen LogP contribution in [-0.2, 0) is 0 Å². The molecule has 1 aliphatic rings. The Kier molecular flexibility index (Phi) is 2.70. The van der Waals surface area contributed by atoms with Crippen LogP contribution in [0.2, 0.25) is 0 Å². The van der Waals surface area contributed by atoms with Gasteiger partial charge in [0.2, 0.25) is 11.7 Å². The van der Waals surface area contributed by atoms with Gasteiger partial charge in [-0.15, -0.1) is 11.3 Å². The lowest BCUT2D eigenvalue weighted by molar-refractivity contribution is 0.164. The van der Waals surface area contributed by atoms with Crippen molar-refractivity contribution >= 4 is 23.1 Å². The summed E-state index contributed by atoms with van der Waals surface area (Å²) in [7, 11) is 0. The van der Waals surface area contributed by atoms with Gasteiger partial charge in [-0.3, -0.25) is 0 Å². The van der Waals surface area contributed by atoms with E-state index in [-0.39, 0.29) is 12.0 Å². The molecule has 4 nitrogen and oxygen atoms in total. The molecule has 3 rings (SSSR count). The van der Waals surface area contributed by atoms with Gasteiger partial charge in [0.25, 0.3) is 0 Å². The van der Waals surface area contributed by atoms with Crippen LogP contribution >= 0.6 is 23.1 Å². The quantitative estimate of drug-likeness (QED) is 0.888. The van der Waals surface area contributed by atoms with Gasteiger partial charge in [-0.2, -0.15) is 16.7 Å². The molecule has 0 bridgehead atoms. The lowest BCUT2D eigenvalue weighted by Gasteiger charge is -2.06. The van der Waals surface area contributed by atoms with E-state index in [4.69, 9.17) is 4.52 Å². The van der Waals surface area contributed by atoms with Crippen LogP contribution in [0.1, 0.15) is 11.8 Å². The second-order valence-electron chi connectivity index (χ2n) is 3.64. The summed E-state index contributed by atoms with van der Waals surface area (Å²) in [6, 6.07) is 3.91. The Balaban J connectivity index is 1.88. The molecular formula is C10H10N2O2S2. The highest BCUT2D eigenvalue weighted by Gasteiger charge is 2.32. The third-order valence-corrected chi connectivity index (χ3v) is 4.59. The van der Waals surface area contributed by atoms with Gasteiger partial charge in [-0.25, -0.2) is 0 Å². The molecule has 2 unspecified atom stereocenters. The fraction of sp³-hybridized carbons (Fsp3) is 0.400. The van der Waals surface area contributed by atoms with Crippen molar-refractivity contribution < 1.29 is 9.63 Å². The van der Waals surface area contributed by atoms with Gasteiger partial charge in [0, 0.05) is 11.5 Å². The van der Waals surface area contributed by atoms with Gasteiger partial charge in [-0.1, -0.05) is 11.2 Å². The van der Waals surface area contributed by atoms with Crippen LogP contribution in [0, 0.1) is 0 Å². The number of thiophene rings is 1. The summed E-state index contributed by atoms with van der Waals surface area (Å²) in [6.07, 6.45) is -0.360. The fourth-order valence-corrected chi connectivity index (χ4v) is 3.55. The zero-order chi connectivity index (χ0) is 11.0. The lowest BCUT2D eigenvalue weighted by Crippen LogP contribution is -2.15. The van der Waals surface area contributed by atoms with Crippen molar-refractivity contribution in [2.24, 2.45) is 0 Å². The molecule has 0 spiro atoms. The van der Waals surface area contributed by atoms with Crippen molar-refractivity contribution in [2.75, 3.05) is 11.5 Å². The fourth-order valence-electron chi connectivity index (χ4n) is 1.67. The molecule has 16 heavy (non-hydrogen) atoms. The van der Waals surface area contributed by atoms with E-state index in [2.05, 4.69) is 10.1 Å². The number of rotatable bonds is 2. The molecular weight excluding hydrogens is 244 g/mol. The SMILES string of the molecule is OC1CSCC1c1nc(-c2cccs2)no1. The Hall–Kier alpha value is -0.850. The van der Waals surface area contributed by atoms with Gasteiger partial charge in [0.15, 0.2) is 0 Å². The molecule has 1 N–H and O–H groups in total. The van der Waals surface area contributed by atoms with Crippen LogP contribution in [-0.4, -0.2) is 32.9 Å². The minimum absolute atomic E-state index is 0.00814. The van der Waals surface area contributed by atoms with Gasteiger partial charge in [0.1, 0.15) is 0 Å². The normalized spacial score (nSPS) is 25.1. The van der Waals surface area contributed by atoms with Crippen LogP contribution in [0.3, 0.4) is 0 Å². The van der Waals surface area contributed by atoms with E-state index in [9.17, 15) is 5.11 Å². The third kappa shape index (κ3) is 1.77. The summed E-state index contributed by atoms with van der Waals surface area (Å²) in [5, 5.41) is 15.7. The molecule has 0 saturated carbocycles. The predicted molar refractivity (Wildman–Crippen MR) is 63.7 cm³/mol. The maximum atomic E-state index is 9.74. The lowest BCUT2D eigenvalue weighted by atomic mass is 10.1. The highest BCUT2D eigenvalue weighted by Crippen LogP contribution is 2.33. The minimum atomic E-state index is -0.360. The largest absolute Gasteiger partial charge is 0.391 e. The third-order valence-electron chi connectivity index (χ3n) is 2.55. The number of hydrogen-bond donors (Lipinski definition) is 1. The first-order chi connectivity index (χ1) is 7.84. The molecule has 1 fully saturated rings. The maximum absolute atomic E-state index is 9.74. The summed E-state index contributed by atoms with van der Waals surface area (Å²) in [5.74, 6) is 2.77. The molecule has 2 atom stereocenters. The molecule has 2 aromatic rings. The van der Waals surface area contributed by atoms with Crippen molar-refractivity contribution in [3.63, 3.8) is 0 Å². The van der Waals surface area contributed by atoms with Crippen molar-refractivity contribution in [2.45, 2.75) is 12.0 Å². The zero-order valence-corrected chi connectivity index (χ0v) is 10.0. The number of aromatic nitrogens is 2. The summed E-state index contributed by atoms with van der Waals surface area (Å²) < 4.78 is 5.22. The summed E-state index contributed by atoms with van der Waals surface area (Å²) >= 11 is 3.30. The van der Waals surface area contributed by atoms with Crippen molar-refractivity contribution in [1.82, 2.24) is 10.1 Å². The topological polar surface area (TPSA) is 59.2 Å². The molecule has 1 aliphatic heterocycles. The smallest absolute Gasteiger partial charge is 0.233 e. The van der Waals surface area contributed by atoms with E-state index in [0.717, 1.165) is 16.4 Å². The van der Waals surface area contributed by atoms with E-state index in [1.807, 2.05) is 17.5 Å². The van der Waals surface area contributed by atoms with Crippen LogP contribution < -0.4 is 0 Å². The van der Waals surface area contributed by atoms with Crippen LogP contribution in [0.15, 0.2) is 22.0 Å². The second kappa shape index (κ2) is 4.20. The Morgan fingerprint density at radius 2 is 2.38 bits per heavy atom. The van der Waals surface area contributed by atoms with Crippen molar-refractivity contribution in [3.8, 4) is 10.7 Å². The Labute approximate surface area is 101 Å². The van der Waals surface area contributed by atoms with Crippen LogP contribution in [0.5, 0.6) is 0 Å². The van der Waals surface area contributed by atoms with Crippen LogP contribution in [0.4, 0.5) is 0 Å². The summed E-state index contributed by atoms with van der Waals surface area (Å²) in [6.45, 7) is 0. The van der Waals surface area contributed by atoms with Gasteiger partial charge in [-0.05, 0) is 11.4 Å². The van der Waals surface area contributed by atoms with E-state index < -0.39 is 0 Å². The maximum Gasteiger partial charge on any atom is 0.233 e. The highest BCUT2D eigenvalue weighted by molar-refractivity contribution is 7.99. The Bertz CT molecular complexity index is 469. The minimum Gasteiger partial charge on any atom is -0.391 e. The van der Waals surface area contributed by atoms with E-state index in [1.54, 1.807) is 23.1 Å². The first-order valence-corrected chi connectivity index (χ1v) is 7.01.